The third-order valence-corrected chi connectivity index (χ3v) is 2.88. The molecule has 0 fully saturated rings. The molecule has 8 nitrogen and oxygen atoms in total. The highest BCUT2D eigenvalue weighted by Crippen LogP contribution is 2.41. The lowest BCUT2D eigenvalue weighted by molar-refractivity contribution is -0.192. The van der Waals surface area contributed by atoms with Crippen LogP contribution in [-0.4, -0.2) is 46.3 Å². The van der Waals surface area contributed by atoms with Gasteiger partial charge in [0.05, 0.1) is 7.11 Å². The van der Waals surface area contributed by atoms with Crippen LogP contribution in [0.4, 0.5) is 0 Å². The molecule has 17 heavy (non-hydrogen) atoms. The van der Waals surface area contributed by atoms with Gasteiger partial charge in [0.2, 0.25) is 0 Å². The lowest BCUT2D eigenvalue weighted by Crippen LogP contribution is -2.58. The fraction of sp³-hybridized carbons (Fsp3) is 0.556. The third-order valence-electron chi connectivity index (χ3n) is 2.88. The Balaban J connectivity index is 6.09. The van der Waals surface area contributed by atoms with E-state index in [0.717, 1.165) is 7.11 Å². The number of rotatable bonds is 5. The van der Waals surface area contributed by atoms with Gasteiger partial charge in [-0.1, -0.05) is 0 Å². The Hall–Kier alpha value is -2.12. The first-order chi connectivity index (χ1) is 7.56. The highest BCUT2D eigenvalue weighted by Gasteiger charge is 2.66. The molecule has 0 aliphatic carbocycles. The summed E-state index contributed by atoms with van der Waals surface area (Å²) in [4.78, 5) is 44.4. The molecule has 0 aromatic carbocycles. The van der Waals surface area contributed by atoms with Gasteiger partial charge in [0.15, 0.2) is 10.8 Å². The van der Waals surface area contributed by atoms with E-state index in [2.05, 4.69) is 4.74 Å². The van der Waals surface area contributed by atoms with E-state index in [-0.39, 0.29) is 0 Å². The Morgan fingerprint density at radius 1 is 0.824 bits per heavy atom. The zero-order chi connectivity index (χ0) is 14.0. The smallest absolute Gasteiger partial charge is 0.324 e. The van der Waals surface area contributed by atoms with E-state index < -0.39 is 34.7 Å². The largest absolute Gasteiger partial charge is 0.480 e. The molecule has 0 saturated heterocycles. The molecule has 0 aliphatic heterocycles. The molecule has 8 heteroatoms. The van der Waals surface area contributed by atoms with Crippen LogP contribution in [0.25, 0.3) is 0 Å². The molecule has 1 unspecified atom stereocenters. The first-order valence-electron chi connectivity index (χ1n) is 4.35. The van der Waals surface area contributed by atoms with Crippen LogP contribution in [0.15, 0.2) is 0 Å². The van der Waals surface area contributed by atoms with Gasteiger partial charge in [-0.25, -0.2) is 0 Å². The van der Waals surface area contributed by atoms with Gasteiger partial charge in [0.25, 0.3) is 0 Å². The molecule has 0 aromatic rings. The zero-order valence-corrected chi connectivity index (χ0v) is 9.38. The minimum absolute atomic E-state index is 0.642. The van der Waals surface area contributed by atoms with Crippen LogP contribution in [0, 0.1) is 10.8 Å². The Bertz CT molecular complexity index is 370. The predicted octanol–water partition coefficient (Wildman–Crippen LogP) is -0.574. The minimum Gasteiger partial charge on any atom is -0.480 e. The topological polar surface area (TPSA) is 138 Å². The van der Waals surface area contributed by atoms with E-state index in [1.54, 1.807) is 0 Å². The molecular weight excluding hydrogens is 236 g/mol. The van der Waals surface area contributed by atoms with Crippen molar-refractivity contribution in [2.45, 2.75) is 13.8 Å². The number of ether oxygens (including phenoxy) is 1. The summed E-state index contributed by atoms with van der Waals surface area (Å²) in [5, 5.41) is 26.7. The van der Waals surface area contributed by atoms with Crippen molar-refractivity contribution in [1.29, 1.82) is 0 Å². The number of aliphatic carboxylic acids is 3. The van der Waals surface area contributed by atoms with Gasteiger partial charge in [-0.05, 0) is 13.8 Å². The Morgan fingerprint density at radius 2 is 1.12 bits per heavy atom. The predicted molar refractivity (Wildman–Crippen MR) is 51.1 cm³/mol. The lowest BCUT2D eigenvalue weighted by atomic mass is 9.65. The Labute approximate surface area is 95.8 Å². The van der Waals surface area contributed by atoms with Gasteiger partial charge < -0.3 is 20.1 Å². The van der Waals surface area contributed by atoms with Crippen LogP contribution in [0.5, 0.6) is 0 Å². The van der Waals surface area contributed by atoms with E-state index in [4.69, 9.17) is 15.3 Å². The van der Waals surface area contributed by atoms with E-state index in [0.29, 0.717) is 13.8 Å². The maximum Gasteiger partial charge on any atom is 0.324 e. The molecule has 0 saturated carbocycles. The normalized spacial score (nSPS) is 14.5. The van der Waals surface area contributed by atoms with E-state index >= 15 is 0 Å². The molecule has 0 amide bonds. The van der Waals surface area contributed by atoms with Gasteiger partial charge in [-0.15, -0.1) is 0 Å². The molecule has 0 bridgehead atoms. The quantitative estimate of drug-likeness (QED) is 0.434. The van der Waals surface area contributed by atoms with Gasteiger partial charge in [-0.2, -0.15) is 0 Å². The fourth-order valence-electron chi connectivity index (χ4n) is 1.23. The van der Waals surface area contributed by atoms with Crippen molar-refractivity contribution in [2.75, 3.05) is 7.11 Å². The highest BCUT2D eigenvalue weighted by atomic mass is 16.5. The van der Waals surface area contributed by atoms with Crippen molar-refractivity contribution < 1.29 is 39.2 Å². The van der Waals surface area contributed by atoms with Crippen LogP contribution in [-0.2, 0) is 23.9 Å². The second-order valence-electron chi connectivity index (χ2n) is 3.66. The average molecular weight is 248 g/mol. The molecule has 0 heterocycles. The monoisotopic (exact) mass is 248 g/mol. The molecular formula is C9H12O8. The standard InChI is InChI=1S/C9H12O8/c1-8(4(10)11,5(12)13)9(2,6(14)15)7(16)17-3/h1-3H3,(H,10,11)(H,12,13)(H,14,15). The van der Waals surface area contributed by atoms with Gasteiger partial charge >= 0.3 is 23.9 Å². The summed E-state index contributed by atoms with van der Waals surface area (Å²) in [6.07, 6.45) is 0. The zero-order valence-electron chi connectivity index (χ0n) is 9.38. The second-order valence-corrected chi connectivity index (χ2v) is 3.66. The summed E-state index contributed by atoms with van der Waals surface area (Å²) in [6, 6.07) is 0. The molecule has 0 aliphatic rings. The van der Waals surface area contributed by atoms with Crippen molar-refractivity contribution in [2.24, 2.45) is 10.8 Å². The summed E-state index contributed by atoms with van der Waals surface area (Å²) in [5.74, 6) is -7.23. The summed E-state index contributed by atoms with van der Waals surface area (Å²) in [7, 11) is 0.841. The number of hydrogen-bond donors (Lipinski definition) is 3. The minimum atomic E-state index is -2.84. The molecule has 0 spiro atoms. The summed E-state index contributed by atoms with van der Waals surface area (Å²) in [5.41, 5.74) is -5.58. The average Bonchev–Trinajstić information content (AvgIpc) is 2.24. The van der Waals surface area contributed by atoms with E-state index in [9.17, 15) is 19.2 Å². The maximum absolute atomic E-state index is 11.4. The highest BCUT2D eigenvalue weighted by molar-refractivity contribution is 6.12. The second kappa shape index (κ2) is 4.40. The number of hydrogen-bond acceptors (Lipinski definition) is 5. The van der Waals surface area contributed by atoms with Crippen molar-refractivity contribution >= 4 is 23.9 Å². The number of carbonyl (C=O) groups is 4. The van der Waals surface area contributed by atoms with Gasteiger partial charge in [0.1, 0.15) is 0 Å². The van der Waals surface area contributed by atoms with Gasteiger partial charge in [-0.3, -0.25) is 19.2 Å². The third kappa shape index (κ3) is 1.81. The van der Waals surface area contributed by atoms with Crippen LogP contribution in [0.1, 0.15) is 13.8 Å². The number of carboxylic acid groups (broad SMARTS) is 3. The number of carboxylic acids is 3. The lowest BCUT2D eigenvalue weighted by Gasteiger charge is -2.33. The first kappa shape index (κ1) is 14.9. The molecule has 0 rings (SSSR count). The van der Waals surface area contributed by atoms with Crippen molar-refractivity contribution in [3.63, 3.8) is 0 Å². The molecule has 3 N–H and O–H groups in total. The first-order valence-corrected chi connectivity index (χ1v) is 4.35. The fourth-order valence-corrected chi connectivity index (χ4v) is 1.23. The molecule has 0 aromatic heterocycles. The number of carbonyl (C=O) groups excluding carboxylic acids is 1. The van der Waals surface area contributed by atoms with Crippen LogP contribution in [0.2, 0.25) is 0 Å². The SMILES string of the molecule is COC(=O)C(C)(C(=O)O)C(C)(C(=O)O)C(=O)O. The summed E-state index contributed by atoms with van der Waals surface area (Å²) in [6.45, 7) is 1.34. The van der Waals surface area contributed by atoms with Crippen LogP contribution in [0.3, 0.4) is 0 Å². The summed E-state index contributed by atoms with van der Waals surface area (Å²) < 4.78 is 4.18. The van der Waals surface area contributed by atoms with Crippen LogP contribution >= 0.6 is 0 Å². The Morgan fingerprint density at radius 3 is 1.29 bits per heavy atom. The van der Waals surface area contributed by atoms with Crippen molar-refractivity contribution in [3.8, 4) is 0 Å². The maximum atomic E-state index is 11.4. The molecule has 96 valence electrons. The van der Waals surface area contributed by atoms with E-state index in [1.165, 1.54) is 0 Å². The van der Waals surface area contributed by atoms with Crippen molar-refractivity contribution in [3.05, 3.63) is 0 Å². The Kier molecular flexibility index (Phi) is 3.85. The van der Waals surface area contributed by atoms with E-state index in [1.807, 2.05) is 0 Å². The number of esters is 1. The van der Waals surface area contributed by atoms with Gasteiger partial charge in [0, 0.05) is 0 Å². The van der Waals surface area contributed by atoms with Crippen LogP contribution < -0.4 is 0 Å². The van der Waals surface area contributed by atoms with Crippen molar-refractivity contribution in [1.82, 2.24) is 0 Å². The molecule has 0 radical (unpaired) electrons. The number of methoxy groups -OCH3 is 1. The molecule has 1 atom stereocenters. The summed E-state index contributed by atoms with van der Waals surface area (Å²) >= 11 is 0.